The van der Waals surface area contributed by atoms with Crippen LogP contribution in [0.5, 0.6) is 0 Å². The summed E-state index contributed by atoms with van der Waals surface area (Å²) >= 11 is 0. The van der Waals surface area contributed by atoms with Crippen LogP contribution in [0.3, 0.4) is 0 Å². The summed E-state index contributed by atoms with van der Waals surface area (Å²) < 4.78 is 10.9. The summed E-state index contributed by atoms with van der Waals surface area (Å²) in [5.74, 6) is 1.56. The minimum atomic E-state index is 0.356. The summed E-state index contributed by atoms with van der Waals surface area (Å²) in [6, 6.07) is 3.89. The van der Waals surface area contributed by atoms with E-state index >= 15 is 0 Å². The Hall–Kier alpha value is -0.800. The number of nitrogens with one attached hydrogen (secondary N) is 1. The molecule has 0 bridgehead atoms. The molecule has 0 radical (unpaired) electrons. The van der Waals surface area contributed by atoms with Crippen molar-refractivity contribution in [2.24, 2.45) is 5.92 Å². The summed E-state index contributed by atoms with van der Waals surface area (Å²) in [6.45, 7) is 9.00. The van der Waals surface area contributed by atoms with E-state index < -0.39 is 0 Å². The van der Waals surface area contributed by atoms with Crippen molar-refractivity contribution >= 4 is 0 Å². The van der Waals surface area contributed by atoms with E-state index in [1.54, 1.807) is 6.26 Å². The molecule has 0 fully saturated rings. The lowest BCUT2D eigenvalue weighted by Crippen LogP contribution is -2.26. The van der Waals surface area contributed by atoms with Crippen LogP contribution in [-0.4, -0.2) is 19.3 Å². The number of ether oxygens (including phenoxy) is 1. The highest BCUT2D eigenvalue weighted by atomic mass is 16.5. The van der Waals surface area contributed by atoms with Crippen LogP contribution in [0.15, 0.2) is 22.8 Å². The van der Waals surface area contributed by atoms with E-state index in [1.807, 2.05) is 19.1 Å². The maximum atomic E-state index is 5.68. The Morgan fingerprint density at radius 1 is 1.44 bits per heavy atom. The van der Waals surface area contributed by atoms with Gasteiger partial charge in [0.2, 0.25) is 0 Å². The molecule has 0 aliphatic carbocycles. The van der Waals surface area contributed by atoms with Gasteiger partial charge in [-0.2, -0.15) is 0 Å². The highest BCUT2D eigenvalue weighted by molar-refractivity contribution is 4.97. The fourth-order valence-electron chi connectivity index (χ4n) is 1.69. The van der Waals surface area contributed by atoms with Gasteiger partial charge in [-0.1, -0.05) is 13.8 Å². The van der Waals surface area contributed by atoms with Gasteiger partial charge in [-0.25, -0.2) is 0 Å². The van der Waals surface area contributed by atoms with Crippen LogP contribution in [0.25, 0.3) is 0 Å². The molecule has 1 atom stereocenters. The van der Waals surface area contributed by atoms with Crippen molar-refractivity contribution in [3.05, 3.63) is 24.2 Å². The van der Waals surface area contributed by atoms with Gasteiger partial charge < -0.3 is 14.5 Å². The number of furan rings is 1. The highest BCUT2D eigenvalue weighted by Gasteiger charge is 2.12. The first kappa shape index (κ1) is 13.3. The topological polar surface area (TPSA) is 34.4 Å². The van der Waals surface area contributed by atoms with E-state index in [9.17, 15) is 0 Å². The second kappa shape index (κ2) is 7.47. The number of hydrogen-bond donors (Lipinski definition) is 1. The predicted molar refractivity (Wildman–Crippen MR) is 65.3 cm³/mol. The Bertz CT molecular complexity index is 257. The highest BCUT2D eigenvalue weighted by Crippen LogP contribution is 2.10. The Balaban J connectivity index is 2.13. The molecule has 0 saturated carbocycles. The second-order valence-corrected chi connectivity index (χ2v) is 4.28. The molecule has 3 nitrogen and oxygen atoms in total. The largest absolute Gasteiger partial charge is 0.468 e. The third-order valence-electron chi connectivity index (χ3n) is 2.61. The summed E-state index contributed by atoms with van der Waals surface area (Å²) in [4.78, 5) is 0. The van der Waals surface area contributed by atoms with E-state index in [0.29, 0.717) is 12.0 Å². The predicted octanol–water partition coefficient (Wildman–Crippen LogP) is 2.82. The van der Waals surface area contributed by atoms with Crippen molar-refractivity contribution in [2.45, 2.75) is 39.8 Å². The second-order valence-electron chi connectivity index (χ2n) is 4.28. The van der Waals surface area contributed by atoms with Crippen LogP contribution in [0.4, 0.5) is 0 Å². The average Bonchev–Trinajstić information content (AvgIpc) is 2.75. The molecule has 3 heteroatoms. The van der Waals surface area contributed by atoms with E-state index in [-0.39, 0.29) is 0 Å². The Kier molecular flexibility index (Phi) is 6.19. The summed E-state index contributed by atoms with van der Waals surface area (Å²) in [6.07, 6.45) is 3.11. The lowest BCUT2D eigenvalue weighted by atomic mass is 10.0. The molecule has 1 unspecified atom stereocenters. The molecule has 0 spiro atoms. The van der Waals surface area contributed by atoms with E-state index in [4.69, 9.17) is 9.15 Å². The quantitative estimate of drug-likeness (QED) is 0.691. The molecule has 0 aromatic carbocycles. The minimum Gasteiger partial charge on any atom is -0.468 e. The molecule has 0 aliphatic heterocycles. The Morgan fingerprint density at radius 2 is 2.25 bits per heavy atom. The molecule has 1 N–H and O–H groups in total. The van der Waals surface area contributed by atoms with Gasteiger partial charge in [-0.3, -0.25) is 0 Å². The number of rotatable bonds is 8. The third kappa shape index (κ3) is 4.81. The molecule has 0 saturated heterocycles. The van der Waals surface area contributed by atoms with Gasteiger partial charge in [-0.05, 0) is 37.9 Å². The number of hydrogen-bond acceptors (Lipinski definition) is 3. The third-order valence-corrected chi connectivity index (χ3v) is 2.61. The molecule has 0 aliphatic rings. The molecule has 1 rings (SSSR count). The van der Waals surface area contributed by atoms with Crippen molar-refractivity contribution in [3.63, 3.8) is 0 Å². The van der Waals surface area contributed by atoms with Crippen LogP contribution >= 0.6 is 0 Å². The minimum absolute atomic E-state index is 0.356. The fraction of sp³-hybridized carbons (Fsp3) is 0.692. The first-order valence-electron chi connectivity index (χ1n) is 6.08. The van der Waals surface area contributed by atoms with Gasteiger partial charge >= 0.3 is 0 Å². The summed E-state index contributed by atoms with van der Waals surface area (Å²) in [7, 11) is 0. The lowest BCUT2D eigenvalue weighted by Gasteiger charge is -2.20. The van der Waals surface area contributed by atoms with Crippen LogP contribution in [0, 0.1) is 5.92 Å². The summed E-state index contributed by atoms with van der Waals surface area (Å²) in [5, 5.41) is 3.36. The molecule has 92 valence electrons. The lowest BCUT2D eigenvalue weighted by molar-refractivity contribution is 0.0250. The molecule has 1 heterocycles. The first-order valence-corrected chi connectivity index (χ1v) is 6.08. The SMILES string of the molecule is CCOC(CCNCc1ccco1)C(C)C. The van der Waals surface area contributed by atoms with Crippen molar-refractivity contribution in [1.82, 2.24) is 5.32 Å². The Labute approximate surface area is 98.2 Å². The van der Waals surface area contributed by atoms with Gasteiger partial charge in [0.25, 0.3) is 0 Å². The molecule has 1 aromatic rings. The standard InChI is InChI=1S/C13H23NO2/c1-4-15-13(11(2)3)7-8-14-10-12-6-5-9-16-12/h5-6,9,11,13-14H,4,7-8,10H2,1-3H3. The zero-order valence-corrected chi connectivity index (χ0v) is 10.5. The van der Waals surface area contributed by atoms with Crippen LogP contribution < -0.4 is 5.32 Å². The van der Waals surface area contributed by atoms with Crippen molar-refractivity contribution in [3.8, 4) is 0 Å². The molecule has 16 heavy (non-hydrogen) atoms. The van der Waals surface area contributed by atoms with Crippen LogP contribution in [-0.2, 0) is 11.3 Å². The van der Waals surface area contributed by atoms with Crippen molar-refractivity contribution in [2.75, 3.05) is 13.2 Å². The maximum Gasteiger partial charge on any atom is 0.117 e. The molecular weight excluding hydrogens is 202 g/mol. The molecule has 0 amide bonds. The molecule has 1 aromatic heterocycles. The monoisotopic (exact) mass is 225 g/mol. The van der Waals surface area contributed by atoms with Gasteiger partial charge in [0.1, 0.15) is 5.76 Å². The normalized spacial score (nSPS) is 13.2. The van der Waals surface area contributed by atoms with Crippen LogP contribution in [0.2, 0.25) is 0 Å². The molecular formula is C13H23NO2. The van der Waals surface area contributed by atoms with Crippen LogP contribution in [0.1, 0.15) is 33.0 Å². The van der Waals surface area contributed by atoms with Gasteiger partial charge in [0, 0.05) is 6.61 Å². The maximum absolute atomic E-state index is 5.68. The van der Waals surface area contributed by atoms with E-state index in [1.165, 1.54) is 0 Å². The smallest absolute Gasteiger partial charge is 0.117 e. The fourth-order valence-corrected chi connectivity index (χ4v) is 1.69. The van der Waals surface area contributed by atoms with Gasteiger partial charge in [-0.15, -0.1) is 0 Å². The van der Waals surface area contributed by atoms with Crippen molar-refractivity contribution < 1.29 is 9.15 Å². The average molecular weight is 225 g/mol. The van der Waals surface area contributed by atoms with E-state index in [2.05, 4.69) is 19.2 Å². The Morgan fingerprint density at radius 3 is 2.81 bits per heavy atom. The van der Waals surface area contributed by atoms with Gasteiger partial charge in [0.15, 0.2) is 0 Å². The van der Waals surface area contributed by atoms with Gasteiger partial charge in [0.05, 0.1) is 18.9 Å². The van der Waals surface area contributed by atoms with Crippen molar-refractivity contribution in [1.29, 1.82) is 0 Å². The van der Waals surface area contributed by atoms with E-state index in [0.717, 1.165) is 31.9 Å². The summed E-state index contributed by atoms with van der Waals surface area (Å²) in [5.41, 5.74) is 0. The zero-order chi connectivity index (χ0) is 11.8. The zero-order valence-electron chi connectivity index (χ0n) is 10.5. The first-order chi connectivity index (χ1) is 7.74.